The molecule has 0 aromatic rings. The van der Waals surface area contributed by atoms with E-state index in [1.165, 1.54) is 0 Å². The molecule has 0 spiro atoms. The van der Waals surface area contributed by atoms with Crippen LogP contribution in [0, 0.1) is 23.2 Å². The molecule has 1 aliphatic heterocycles. The second kappa shape index (κ2) is 5.70. The number of fused-ring (bicyclic) bond motifs is 1. The van der Waals surface area contributed by atoms with Crippen LogP contribution in [0.2, 0.25) is 0 Å². The minimum Gasteiger partial charge on any atom is -0.463 e. The lowest BCUT2D eigenvalue weighted by molar-refractivity contribution is -0.157. The highest BCUT2D eigenvalue weighted by atomic mass is 32.2. The largest absolute Gasteiger partial charge is 0.463 e. The fourth-order valence-corrected chi connectivity index (χ4v) is 6.35. The van der Waals surface area contributed by atoms with Crippen LogP contribution in [0.1, 0.15) is 40.5 Å². The molecule has 1 heterocycles. The molecule has 23 heavy (non-hydrogen) atoms. The number of carbonyl (C=O) groups excluding carboxylic acids is 1. The van der Waals surface area contributed by atoms with Crippen LogP contribution in [-0.2, 0) is 28.6 Å². The van der Waals surface area contributed by atoms with Gasteiger partial charge in [0.15, 0.2) is 0 Å². The molecule has 3 rings (SSSR count). The van der Waals surface area contributed by atoms with Crippen molar-refractivity contribution in [3.05, 3.63) is 0 Å². The Morgan fingerprint density at radius 1 is 1.26 bits per heavy atom. The predicted molar refractivity (Wildman–Crippen MR) is 83.1 cm³/mol. The molecule has 0 N–H and O–H groups in total. The highest BCUT2D eigenvalue weighted by Crippen LogP contribution is 2.58. The van der Waals surface area contributed by atoms with Crippen LogP contribution in [-0.4, -0.2) is 45.1 Å². The zero-order chi connectivity index (χ0) is 17.0. The van der Waals surface area contributed by atoms with Gasteiger partial charge in [-0.15, -0.1) is 0 Å². The van der Waals surface area contributed by atoms with Gasteiger partial charge in [0.25, 0.3) is 10.1 Å². The fourth-order valence-electron chi connectivity index (χ4n) is 4.24. The number of rotatable bonds is 6. The van der Waals surface area contributed by atoms with Gasteiger partial charge in [-0.1, -0.05) is 13.8 Å². The third-order valence-corrected chi connectivity index (χ3v) is 7.91. The first-order valence-corrected chi connectivity index (χ1v) is 9.87. The van der Waals surface area contributed by atoms with E-state index in [-0.39, 0.29) is 54.4 Å². The summed E-state index contributed by atoms with van der Waals surface area (Å²) in [6.07, 6.45) is 1.00. The van der Waals surface area contributed by atoms with Gasteiger partial charge >= 0.3 is 5.97 Å². The van der Waals surface area contributed by atoms with Gasteiger partial charge in [0, 0.05) is 5.92 Å². The van der Waals surface area contributed by atoms with Gasteiger partial charge in [0.05, 0.1) is 23.4 Å². The van der Waals surface area contributed by atoms with Crippen molar-refractivity contribution in [3.63, 3.8) is 0 Å². The molecule has 3 fully saturated rings. The monoisotopic (exact) mass is 346 g/mol. The first-order valence-electron chi connectivity index (χ1n) is 8.40. The molecule has 3 aliphatic rings. The van der Waals surface area contributed by atoms with Gasteiger partial charge in [0.2, 0.25) is 0 Å². The Morgan fingerprint density at radius 3 is 2.61 bits per heavy atom. The third kappa shape index (κ3) is 2.70. The first kappa shape index (κ1) is 17.2. The first-order chi connectivity index (χ1) is 10.7. The van der Waals surface area contributed by atoms with Crippen LogP contribution < -0.4 is 0 Å². The molecule has 6 atom stereocenters. The van der Waals surface area contributed by atoms with Crippen LogP contribution in [0.4, 0.5) is 0 Å². The molecule has 6 nitrogen and oxygen atoms in total. The maximum atomic E-state index is 12.1. The van der Waals surface area contributed by atoms with E-state index in [2.05, 4.69) is 0 Å². The van der Waals surface area contributed by atoms with Crippen LogP contribution in [0.25, 0.3) is 0 Å². The molecule has 0 amide bonds. The van der Waals surface area contributed by atoms with Gasteiger partial charge in [-0.3, -0.25) is 8.98 Å². The average Bonchev–Trinajstić information content (AvgIpc) is 3.05. The minimum atomic E-state index is -3.45. The predicted octanol–water partition coefficient (Wildman–Crippen LogP) is 1.73. The molecule has 1 saturated heterocycles. The minimum absolute atomic E-state index is 0.0616. The van der Waals surface area contributed by atoms with E-state index in [1.807, 2.05) is 27.7 Å². The zero-order valence-electron chi connectivity index (χ0n) is 14.2. The maximum absolute atomic E-state index is 12.1. The molecule has 0 radical (unpaired) electrons. The lowest BCUT2D eigenvalue weighted by atomic mass is 9.86. The molecule has 132 valence electrons. The smallest absolute Gasteiger partial charge is 0.311 e. The lowest BCUT2D eigenvalue weighted by Crippen LogP contribution is -2.41. The number of hydrogen-bond donors (Lipinski definition) is 0. The summed E-state index contributed by atoms with van der Waals surface area (Å²) in [5.41, 5.74) is -0.489. The number of ether oxygens (including phenoxy) is 2. The van der Waals surface area contributed by atoms with E-state index >= 15 is 0 Å². The van der Waals surface area contributed by atoms with Crippen molar-refractivity contribution in [1.82, 2.24) is 0 Å². The molecule has 6 unspecified atom stereocenters. The highest BCUT2D eigenvalue weighted by molar-refractivity contribution is 7.87. The highest BCUT2D eigenvalue weighted by Gasteiger charge is 2.67. The number of hydrogen-bond acceptors (Lipinski definition) is 6. The fraction of sp³-hybridized carbons (Fsp3) is 0.938. The summed E-state index contributed by atoms with van der Waals surface area (Å²) < 4.78 is 40.5. The topological polar surface area (TPSA) is 78.9 Å². The molecule has 0 aromatic heterocycles. The number of carbonyl (C=O) groups is 1. The molecule has 7 heteroatoms. The maximum Gasteiger partial charge on any atom is 0.311 e. The van der Waals surface area contributed by atoms with E-state index in [4.69, 9.17) is 13.7 Å². The Labute approximate surface area is 138 Å². The summed E-state index contributed by atoms with van der Waals surface area (Å²) >= 11 is 0. The van der Waals surface area contributed by atoms with Gasteiger partial charge in [-0.05, 0) is 38.5 Å². The zero-order valence-corrected chi connectivity index (χ0v) is 15.0. The molecule has 2 bridgehead atoms. The summed E-state index contributed by atoms with van der Waals surface area (Å²) in [4.78, 5) is 11.9. The van der Waals surface area contributed by atoms with Crippen molar-refractivity contribution in [2.75, 3.05) is 13.2 Å². The molecular weight excluding hydrogens is 320 g/mol. The molecular formula is C16H26O6S. The Hall–Kier alpha value is -0.660. The van der Waals surface area contributed by atoms with Crippen LogP contribution in [0.5, 0.6) is 0 Å². The summed E-state index contributed by atoms with van der Waals surface area (Å²) in [7, 11) is -3.45. The van der Waals surface area contributed by atoms with Crippen molar-refractivity contribution in [2.45, 2.75) is 58.0 Å². The summed E-state index contributed by atoms with van der Waals surface area (Å²) in [6.45, 7) is 8.08. The Morgan fingerprint density at radius 2 is 1.96 bits per heavy atom. The van der Waals surface area contributed by atoms with Crippen LogP contribution >= 0.6 is 0 Å². The van der Waals surface area contributed by atoms with Crippen molar-refractivity contribution < 1.29 is 26.9 Å². The second-order valence-electron chi connectivity index (χ2n) is 7.65. The molecule has 2 saturated carbocycles. The number of esters is 1. The van der Waals surface area contributed by atoms with Crippen molar-refractivity contribution in [1.29, 1.82) is 0 Å². The molecule has 2 aliphatic carbocycles. The van der Waals surface area contributed by atoms with Crippen molar-refractivity contribution in [3.8, 4) is 0 Å². The lowest BCUT2D eigenvalue weighted by Gasteiger charge is -2.29. The third-order valence-electron chi connectivity index (χ3n) is 5.97. The van der Waals surface area contributed by atoms with Crippen molar-refractivity contribution in [2.24, 2.45) is 23.2 Å². The average molecular weight is 346 g/mol. The van der Waals surface area contributed by atoms with Crippen molar-refractivity contribution >= 4 is 16.1 Å². The van der Waals surface area contributed by atoms with Gasteiger partial charge in [-0.25, -0.2) is 0 Å². The van der Waals surface area contributed by atoms with Gasteiger partial charge < -0.3 is 9.47 Å². The van der Waals surface area contributed by atoms with Crippen LogP contribution in [0.3, 0.4) is 0 Å². The van der Waals surface area contributed by atoms with Gasteiger partial charge in [0.1, 0.15) is 12.7 Å². The van der Waals surface area contributed by atoms with E-state index < -0.39 is 15.5 Å². The summed E-state index contributed by atoms with van der Waals surface area (Å²) in [6, 6.07) is 0. The van der Waals surface area contributed by atoms with Gasteiger partial charge in [-0.2, -0.15) is 8.42 Å². The SMILES string of the molecule is CCC(C)(C)C(=O)OCCOC1C2CC3C1OS(=O)(=O)C3C2C. The summed E-state index contributed by atoms with van der Waals surface area (Å²) in [5.74, 6) is 0.113. The quantitative estimate of drug-likeness (QED) is 0.414. The normalized spacial score (nSPS) is 40.5. The Balaban J connectivity index is 1.52. The summed E-state index contributed by atoms with van der Waals surface area (Å²) in [5, 5.41) is -0.361. The standard InChI is InChI=1S/C16H26O6S/c1-5-16(3,4)15(17)21-7-6-20-12-10-8-11-13(12)22-23(18,19)14(11)9(10)2/h9-14H,5-8H2,1-4H3. The van der Waals surface area contributed by atoms with E-state index in [9.17, 15) is 13.2 Å². The van der Waals surface area contributed by atoms with E-state index in [1.54, 1.807) is 0 Å². The van der Waals surface area contributed by atoms with Crippen LogP contribution in [0.15, 0.2) is 0 Å². The van der Waals surface area contributed by atoms with E-state index in [0.29, 0.717) is 6.42 Å². The van der Waals surface area contributed by atoms with E-state index in [0.717, 1.165) is 6.42 Å². The second-order valence-corrected chi connectivity index (χ2v) is 9.37. The Kier molecular flexibility index (Phi) is 4.26. The Bertz CT molecular complexity index is 583. The molecule has 0 aromatic carbocycles.